The van der Waals surface area contributed by atoms with Gasteiger partial charge in [-0.1, -0.05) is 20.8 Å². The molecule has 0 aromatic heterocycles. The first-order valence-electron chi connectivity index (χ1n) is 5.81. The van der Waals surface area contributed by atoms with E-state index >= 15 is 0 Å². The van der Waals surface area contributed by atoms with Crippen LogP contribution in [0.25, 0.3) is 0 Å². The van der Waals surface area contributed by atoms with E-state index in [1.54, 1.807) is 0 Å². The van der Waals surface area contributed by atoms with Gasteiger partial charge in [-0.3, -0.25) is 14.4 Å². The molecule has 0 radical (unpaired) electrons. The van der Waals surface area contributed by atoms with Crippen molar-refractivity contribution in [3.63, 3.8) is 0 Å². The predicted molar refractivity (Wildman–Crippen MR) is 73.6 cm³/mol. The topological polar surface area (TPSA) is 108 Å². The van der Waals surface area contributed by atoms with Crippen LogP contribution in [0.15, 0.2) is 0 Å². The van der Waals surface area contributed by atoms with Crippen molar-refractivity contribution in [2.75, 3.05) is 25.4 Å². The first kappa shape index (κ1) is 17.7. The van der Waals surface area contributed by atoms with Crippen molar-refractivity contribution < 1.29 is 18.9 Å². The van der Waals surface area contributed by atoms with Gasteiger partial charge in [-0.15, -0.1) is 0 Å². The van der Waals surface area contributed by atoms with Crippen LogP contribution < -0.4 is 16.0 Å². The van der Waals surface area contributed by atoms with Crippen LogP contribution in [-0.4, -0.2) is 47.7 Å². The lowest BCUT2D eigenvalue weighted by atomic mass is 9.97. The zero-order valence-electron chi connectivity index (χ0n) is 11.4. The van der Waals surface area contributed by atoms with Crippen LogP contribution >= 0.6 is 12.0 Å². The average Bonchev–Trinajstić information content (AvgIpc) is 2.30. The summed E-state index contributed by atoms with van der Waals surface area (Å²) in [5, 5.41) is 7.37. The smallest absolute Gasteiger partial charge is 0.239 e. The van der Waals surface area contributed by atoms with Crippen LogP contribution in [0.5, 0.6) is 0 Å². The van der Waals surface area contributed by atoms with Gasteiger partial charge in [0.05, 0.1) is 18.8 Å². The molecule has 0 aromatic rings. The number of hydrogen-bond donors (Lipinski definition) is 4. The largest absolute Gasteiger partial charge is 0.354 e. The second-order valence-corrected chi connectivity index (χ2v) is 5.71. The lowest BCUT2D eigenvalue weighted by Gasteiger charge is -2.18. The Morgan fingerprint density at radius 1 is 0.947 bits per heavy atom. The number of nitrogens with one attached hydrogen (secondary N) is 3. The number of carbonyl (C=O) groups is 3. The second-order valence-electron chi connectivity index (χ2n) is 5.16. The fourth-order valence-corrected chi connectivity index (χ4v) is 1.18. The lowest BCUT2D eigenvalue weighted by Crippen LogP contribution is -2.43. The van der Waals surface area contributed by atoms with Gasteiger partial charge < -0.3 is 20.5 Å². The molecular formula is C11H21N3O4S. The number of hydrogen-bond acceptors (Lipinski definition) is 5. The fourth-order valence-electron chi connectivity index (χ4n) is 0.956. The van der Waals surface area contributed by atoms with Gasteiger partial charge in [0.25, 0.3) is 0 Å². The molecule has 0 aliphatic carbocycles. The molecule has 3 amide bonds. The standard InChI is InChI=1S/C11H21N3O4S/c1-11(2,3)7-14-9(16)5-12-8(15)4-13-10(17)6-19-18/h18H,4-7H2,1-3H3,(H,12,15)(H,13,17)(H,14,16). The maximum absolute atomic E-state index is 11.4. The Labute approximate surface area is 117 Å². The molecule has 7 nitrogen and oxygen atoms in total. The highest BCUT2D eigenvalue weighted by molar-refractivity contribution is 7.94. The van der Waals surface area contributed by atoms with Crippen LogP contribution in [0.2, 0.25) is 0 Å². The predicted octanol–water partition coefficient (Wildman–Crippen LogP) is -0.413. The van der Waals surface area contributed by atoms with E-state index in [2.05, 4.69) is 16.0 Å². The van der Waals surface area contributed by atoms with Crippen LogP contribution in [0.4, 0.5) is 0 Å². The van der Waals surface area contributed by atoms with E-state index in [4.69, 9.17) is 4.55 Å². The highest BCUT2D eigenvalue weighted by atomic mass is 32.2. The number of amides is 3. The normalized spacial score (nSPS) is 10.7. The highest BCUT2D eigenvalue weighted by Crippen LogP contribution is 2.09. The SMILES string of the molecule is CC(C)(C)CNC(=O)CNC(=O)CNC(=O)CSO. The van der Waals surface area contributed by atoms with Gasteiger partial charge in [-0.2, -0.15) is 0 Å². The molecule has 0 saturated heterocycles. The van der Waals surface area contributed by atoms with Crippen molar-refractivity contribution in [1.82, 2.24) is 16.0 Å². The first-order valence-corrected chi connectivity index (χ1v) is 6.75. The summed E-state index contributed by atoms with van der Waals surface area (Å²) in [5.74, 6) is -1.30. The van der Waals surface area contributed by atoms with E-state index in [1.807, 2.05) is 20.8 Å². The van der Waals surface area contributed by atoms with Gasteiger partial charge in [0.1, 0.15) is 0 Å². The summed E-state index contributed by atoms with van der Waals surface area (Å²) in [6.45, 7) is 6.14. The Kier molecular flexibility index (Phi) is 8.17. The molecule has 0 rings (SSSR count). The van der Waals surface area contributed by atoms with Crippen molar-refractivity contribution in [3.05, 3.63) is 0 Å². The first-order chi connectivity index (χ1) is 8.74. The van der Waals surface area contributed by atoms with E-state index in [0.717, 1.165) is 0 Å². The molecule has 19 heavy (non-hydrogen) atoms. The minimum Gasteiger partial charge on any atom is -0.354 e. The molecule has 4 N–H and O–H groups in total. The third kappa shape index (κ3) is 11.5. The fraction of sp³-hybridized carbons (Fsp3) is 0.727. The molecule has 0 saturated carbocycles. The van der Waals surface area contributed by atoms with Crippen molar-refractivity contribution in [2.45, 2.75) is 20.8 Å². The Balaban J connectivity index is 3.73. The molecule has 0 bridgehead atoms. The zero-order chi connectivity index (χ0) is 14.9. The maximum Gasteiger partial charge on any atom is 0.239 e. The summed E-state index contributed by atoms with van der Waals surface area (Å²) in [4.78, 5) is 33.6. The van der Waals surface area contributed by atoms with E-state index in [9.17, 15) is 14.4 Å². The summed E-state index contributed by atoms with van der Waals surface area (Å²) in [7, 11) is 0. The molecule has 0 aliphatic rings. The Morgan fingerprint density at radius 2 is 1.42 bits per heavy atom. The van der Waals surface area contributed by atoms with E-state index in [0.29, 0.717) is 18.6 Å². The van der Waals surface area contributed by atoms with Crippen LogP contribution in [-0.2, 0) is 14.4 Å². The molecular weight excluding hydrogens is 270 g/mol. The van der Waals surface area contributed by atoms with Gasteiger partial charge in [-0.05, 0) is 17.5 Å². The molecule has 0 atom stereocenters. The maximum atomic E-state index is 11.4. The van der Waals surface area contributed by atoms with Crippen molar-refractivity contribution in [2.24, 2.45) is 5.41 Å². The molecule has 0 aliphatic heterocycles. The molecule has 0 heterocycles. The summed E-state index contributed by atoms with van der Waals surface area (Å²) in [6.07, 6.45) is 0. The number of carbonyl (C=O) groups excluding carboxylic acids is 3. The monoisotopic (exact) mass is 291 g/mol. The van der Waals surface area contributed by atoms with Crippen molar-refractivity contribution >= 4 is 29.8 Å². The third-order valence-corrected chi connectivity index (χ3v) is 2.30. The molecule has 0 fully saturated rings. The average molecular weight is 291 g/mol. The van der Waals surface area contributed by atoms with E-state index in [-0.39, 0.29) is 30.2 Å². The van der Waals surface area contributed by atoms with Gasteiger partial charge in [0.15, 0.2) is 0 Å². The Hall–Kier alpha value is -1.28. The molecule has 0 aromatic carbocycles. The van der Waals surface area contributed by atoms with Crippen LogP contribution in [0.1, 0.15) is 20.8 Å². The van der Waals surface area contributed by atoms with Crippen molar-refractivity contribution in [3.8, 4) is 0 Å². The van der Waals surface area contributed by atoms with Gasteiger partial charge in [0.2, 0.25) is 17.7 Å². The van der Waals surface area contributed by atoms with Crippen LogP contribution in [0.3, 0.4) is 0 Å². The van der Waals surface area contributed by atoms with Crippen LogP contribution in [0, 0.1) is 5.41 Å². The van der Waals surface area contributed by atoms with Gasteiger partial charge >= 0.3 is 0 Å². The summed E-state index contributed by atoms with van der Waals surface area (Å²) in [6, 6.07) is 0. The molecule has 110 valence electrons. The molecule has 0 spiro atoms. The molecule has 8 heteroatoms. The third-order valence-electron chi connectivity index (χ3n) is 1.90. The molecule has 0 unspecified atom stereocenters. The lowest BCUT2D eigenvalue weighted by molar-refractivity contribution is -0.127. The van der Waals surface area contributed by atoms with Gasteiger partial charge in [0, 0.05) is 6.54 Å². The minimum absolute atomic E-state index is 0.0182. The van der Waals surface area contributed by atoms with E-state index < -0.39 is 11.8 Å². The van der Waals surface area contributed by atoms with Crippen molar-refractivity contribution in [1.29, 1.82) is 0 Å². The van der Waals surface area contributed by atoms with Gasteiger partial charge in [-0.25, -0.2) is 0 Å². The summed E-state index contributed by atoms with van der Waals surface area (Å²) >= 11 is 0.381. The Morgan fingerprint density at radius 3 is 1.89 bits per heavy atom. The second kappa shape index (κ2) is 8.76. The summed E-state index contributed by atoms with van der Waals surface area (Å²) in [5.41, 5.74) is -0.0182. The quantitative estimate of drug-likeness (QED) is 0.477. The van der Waals surface area contributed by atoms with E-state index in [1.165, 1.54) is 0 Å². The number of rotatable bonds is 7. The minimum atomic E-state index is -0.456. The highest BCUT2D eigenvalue weighted by Gasteiger charge is 2.12. The Bertz CT molecular complexity index is 328. The summed E-state index contributed by atoms with van der Waals surface area (Å²) < 4.78 is 8.41. The zero-order valence-corrected chi connectivity index (χ0v) is 12.2.